The zero-order valence-corrected chi connectivity index (χ0v) is 16.0. The first-order chi connectivity index (χ1) is 14.1. The van der Waals surface area contributed by atoms with E-state index in [1.807, 2.05) is 0 Å². The smallest absolute Gasteiger partial charge is 0.451 e. The first-order valence-electron chi connectivity index (χ1n) is 8.68. The maximum atomic E-state index is 12.8. The highest BCUT2D eigenvalue weighted by Gasteiger charge is 2.51. The number of nitrogens with two attached hydrogens (primary N) is 1. The number of hydrogen-bond donors (Lipinski definition) is 2. The molecule has 1 fully saturated rings. The number of alkyl halides is 3. The molecule has 0 unspecified atom stereocenters. The minimum absolute atomic E-state index is 0.00976. The molecule has 0 amide bonds. The lowest BCUT2D eigenvalue weighted by atomic mass is 10.2. The standard InChI is InChI=1S/C16H15ClF3N7O3/c1-6-3-23-27(4-6)8-2-7(10(28)11(8)30-14(29)16(18,19)20)26-5-22-9-12(21)24-15(17)25-13(9)26/h3-5,7-8,10-11,28H,2H2,1H3,(H2,21,24,25)/t7-,8+,10+,11-/m1/s1. The summed E-state index contributed by atoms with van der Waals surface area (Å²) >= 11 is 5.86. The van der Waals surface area contributed by atoms with Crippen molar-refractivity contribution < 1.29 is 27.8 Å². The van der Waals surface area contributed by atoms with Crippen molar-refractivity contribution in [2.75, 3.05) is 5.73 Å². The molecular formula is C16H15ClF3N7O3. The van der Waals surface area contributed by atoms with Crippen LogP contribution in [0.15, 0.2) is 18.7 Å². The summed E-state index contributed by atoms with van der Waals surface area (Å²) in [6.45, 7) is 1.74. The maximum Gasteiger partial charge on any atom is 0.490 e. The summed E-state index contributed by atoms with van der Waals surface area (Å²) in [6, 6.07) is -1.71. The van der Waals surface area contributed by atoms with Crippen LogP contribution in [0.3, 0.4) is 0 Å². The van der Waals surface area contributed by atoms with Crippen molar-refractivity contribution in [1.29, 1.82) is 0 Å². The molecule has 0 bridgehead atoms. The van der Waals surface area contributed by atoms with Gasteiger partial charge in [-0.3, -0.25) is 4.68 Å². The third-order valence-electron chi connectivity index (χ3n) is 4.92. The Morgan fingerprint density at radius 1 is 1.37 bits per heavy atom. The van der Waals surface area contributed by atoms with Crippen LogP contribution in [0.2, 0.25) is 5.28 Å². The molecule has 1 aliphatic rings. The number of aliphatic hydroxyl groups is 1. The predicted octanol–water partition coefficient (Wildman–Crippen LogP) is 1.59. The van der Waals surface area contributed by atoms with Gasteiger partial charge >= 0.3 is 12.1 Å². The minimum atomic E-state index is -5.21. The van der Waals surface area contributed by atoms with Crippen molar-refractivity contribution in [3.63, 3.8) is 0 Å². The number of nitrogens with zero attached hydrogens (tertiary/aromatic N) is 6. The van der Waals surface area contributed by atoms with Crippen LogP contribution >= 0.6 is 11.6 Å². The van der Waals surface area contributed by atoms with Gasteiger partial charge in [0.25, 0.3) is 0 Å². The number of ether oxygens (including phenoxy) is 1. The molecule has 160 valence electrons. The van der Waals surface area contributed by atoms with E-state index in [0.717, 1.165) is 5.56 Å². The van der Waals surface area contributed by atoms with Crippen LogP contribution in [0.5, 0.6) is 0 Å². The molecule has 1 aliphatic carbocycles. The van der Waals surface area contributed by atoms with Crippen LogP contribution in [0, 0.1) is 6.92 Å². The molecule has 3 aromatic heterocycles. The molecule has 3 aromatic rings. The van der Waals surface area contributed by atoms with E-state index in [1.165, 1.54) is 21.8 Å². The van der Waals surface area contributed by atoms with Gasteiger partial charge in [-0.15, -0.1) is 0 Å². The number of carbonyl (C=O) groups excluding carboxylic acids is 1. The maximum absolute atomic E-state index is 12.8. The Morgan fingerprint density at radius 2 is 2.10 bits per heavy atom. The van der Waals surface area contributed by atoms with Gasteiger partial charge in [-0.05, 0) is 30.5 Å². The highest BCUT2D eigenvalue weighted by molar-refractivity contribution is 6.28. The molecule has 14 heteroatoms. The average molecular weight is 446 g/mol. The van der Waals surface area contributed by atoms with Crippen LogP contribution in [0.4, 0.5) is 19.0 Å². The number of imidazole rings is 1. The molecule has 4 rings (SSSR count). The zero-order chi connectivity index (χ0) is 21.8. The minimum Gasteiger partial charge on any atom is -0.451 e. The molecule has 0 spiro atoms. The monoisotopic (exact) mass is 445 g/mol. The summed E-state index contributed by atoms with van der Waals surface area (Å²) in [4.78, 5) is 23.4. The van der Waals surface area contributed by atoms with E-state index >= 15 is 0 Å². The van der Waals surface area contributed by atoms with Crippen molar-refractivity contribution in [1.82, 2.24) is 29.3 Å². The first kappa shape index (κ1) is 20.3. The Labute approximate surface area is 171 Å². The molecule has 3 heterocycles. The van der Waals surface area contributed by atoms with E-state index in [4.69, 9.17) is 17.3 Å². The van der Waals surface area contributed by atoms with E-state index in [9.17, 15) is 23.1 Å². The fourth-order valence-corrected chi connectivity index (χ4v) is 3.78. The van der Waals surface area contributed by atoms with Gasteiger partial charge in [0, 0.05) is 6.20 Å². The van der Waals surface area contributed by atoms with Crippen molar-refractivity contribution in [3.8, 4) is 0 Å². The number of anilines is 1. The van der Waals surface area contributed by atoms with Gasteiger partial charge in [-0.2, -0.15) is 28.2 Å². The number of aromatic nitrogens is 6. The second-order valence-corrected chi connectivity index (χ2v) is 7.27. The first-order valence-corrected chi connectivity index (χ1v) is 9.06. The van der Waals surface area contributed by atoms with Crippen LogP contribution < -0.4 is 5.73 Å². The topological polar surface area (TPSA) is 134 Å². The number of fused-ring (bicyclic) bond motifs is 1. The Hall–Kier alpha value is -2.93. The van der Waals surface area contributed by atoms with E-state index in [1.54, 1.807) is 13.1 Å². The Morgan fingerprint density at radius 3 is 2.73 bits per heavy atom. The van der Waals surface area contributed by atoms with Gasteiger partial charge in [-0.25, -0.2) is 9.78 Å². The van der Waals surface area contributed by atoms with Gasteiger partial charge in [0.15, 0.2) is 17.6 Å². The zero-order valence-electron chi connectivity index (χ0n) is 15.3. The number of hydrogen-bond acceptors (Lipinski definition) is 8. The summed E-state index contributed by atoms with van der Waals surface area (Å²) in [7, 11) is 0. The Kier molecular flexibility index (Phi) is 4.81. The van der Waals surface area contributed by atoms with Gasteiger partial charge in [0.05, 0.1) is 24.6 Å². The lowest BCUT2D eigenvalue weighted by molar-refractivity contribution is -0.210. The van der Waals surface area contributed by atoms with Gasteiger partial charge in [0.1, 0.15) is 11.6 Å². The molecule has 0 aromatic carbocycles. The number of esters is 1. The van der Waals surface area contributed by atoms with E-state index in [-0.39, 0.29) is 28.7 Å². The van der Waals surface area contributed by atoms with E-state index < -0.39 is 36.4 Å². The largest absolute Gasteiger partial charge is 0.490 e. The third kappa shape index (κ3) is 3.43. The fourth-order valence-electron chi connectivity index (χ4n) is 3.61. The molecule has 0 aliphatic heterocycles. The Balaban J connectivity index is 1.75. The van der Waals surface area contributed by atoms with Crippen LogP contribution in [-0.2, 0) is 9.53 Å². The molecule has 10 nitrogen and oxygen atoms in total. The van der Waals surface area contributed by atoms with Crippen molar-refractivity contribution in [2.45, 2.75) is 43.8 Å². The molecule has 3 N–H and O–H groups in total. The van der Waals surface area contributed by atoms with Crippen LogP contribution in [0.25, 0.3) is 11.2 Å². The summed E-state index contributed by atoms with van der Waals surface area (Å²) in [5.41, 5.74) is 6.93. The van der Waals surface area contributed by atoms with Gasteiger partial charge in [0.2, 0.25) is 5.28 Å². The number of aryl methyl sites for hydroxylation is 1. The van der Waals surface area contributed by atoms with E-state index in [0.29, 0.717) is 0 Å². The van der Waals surface area contributed by atoms with Crippen LogP contribution in [-0.4, -0.2) is 58.8 Å². The number of nitrogen functional groups attached to an aromatic ring is 1. The number of aliphatic hydroxyl groups excluding tert-OH is 1. The quantitative estimate of drug-likeness (QED) is 0.458. The molecule has 0 saturated heterocycles. The van der Waals surface area contributed by atoms with Crippen LogP contribution in [0.1, 0.15) is 24.1 Å². The second-order valence-electron chi connectivity index (χ2n) is 6.93. The van der Waals surface area contributed by atoms with Gasteiger partial charge in [-0.1, -0.05) is 0 Å². The number of carbonyl (C=O) groups is 1. The second kappa shape index (κ2) is 7.09. The van der Waals surface area contributed by atoms with Crippen molar-refractivity contribution in [3.05, 3.63) is 29.6 Å². The molecule has 1 saturated carbocycles. The SMILES string of the molecule is Cc1cnn([C@H]2C[C@@H](n3cnc4c(N)nc(Cl)nc43)[C@H](O)[C@@H]2OC(=O)C(F)(F)F)c1. The predicted molar refractivity (Wildman–Crippen MR) is 96.3 cm³/mol. The Bertz CT molecular complexity index is 1120. The lowest BCUT2D eigenvalue weighted by Crippen LogP contribution is -2.39. The highest BCUT2D eigenvalue weighted by atomic mass is 35.5. The average Bonchev–Trinajstić information content (AvgIpc) is 3.33. The molecule has 30 heavy (non-hydrogen) atoms. The third-order valence-corrected chi connectivity index (χ3v) is 5.09. The van der Waals surface area contributed by atoms with Gasteiger partial charge < -0.3 is 20.1 Å². The summed E-state index contributed by atoms with van der Waals surface area (Å²) < 4.78 is 45.8. The fraction of sp³-hybridized carbons (Fsp3) is 0.438. The van der Waals surface area contributed by atoms with E-state index in [2.05, 4.69) is 24.8 Å². The normalized spacial score (nSPS) is 24.5. The number of halogens is 4. The lowest BCUT2D eigenvalue weighted by Gasteiger charge is -2.24. The summed E-state index contributed by atoms with van der Waals surface area (Å²) in [5.74, 6) is -2.39. The summed E-state index contributed by atoms with van der Waals surface area (Å²) in [6.07, 6.45) is -3.77. The van der Waals surface area contributed by atoms with Crippen molar-refractivity contribution >= 4 is 34.6 Å². The number of rotatable bonds is 3. The highest BCUT2D eigenvalue weighted by Crippen LogP contribution is 2.42. The summed E-state index contributed by atoms with van der Waals surface area (Å²) in [5, 5.41) is 14.8. The molecular weight excluding hydrogens is 431 g/mol. The van der Waals surface area contributed by atoms with Crippen molar-refractivity contribution in [2.24, 2.45) is 0 Å². The molecule has 4 atom stereocenters. The molecule has 0 radical (unpaired) electrons.